The predicted molar refractivity (Wildman–Crippen MR) is 164 cm³/mol. The van der Waals surface area contributed by atoms with Crippen molar-refractivity contribution in [1.29, 1.82) is 0 Å². The SMILES string of the molecule is CCOC(=O)CCc1ccc(NCc2ccc(Cn3nc(-c4ccccc4)cc3-c3ccccc3)c(OC)c2)cc1F. The number of methoxy groups -OCH3 is 1. The van der Waals surface area contributed by atoms with Crippen LogP contribution in [0.2, 0.25) is 0 Å². The first-order valence-electron chi connectivity index (χ1n) is 14.1. The first-order chi connectivity index (χ1) is 20.5. The molecular formula is C35H34FN3O3. The van der Waals surface area contributed by atoms with E-state index in [0.29, 0.717) is 37.4 Å². The Kier molecular flexibility index (Phi) is 9.29. The fourth-order valence-corrected chi connectivity index (χ4v) is 4.85. The molecule has 0 bridgehead atoms. The molecule has 0 aliphatic rings. The highest BCUT2D eigenvalue weighted by atomic mass is 19.1. The molecular weight excluding hydrogens is 529 g/mol. The van der Waals surface area contributed by atoms with Gasteiger partial charge in [-0.3, -0.25) is 9.48 Å². The van der Waals surface area contributed by atoms with E-state index in [9.17, 15) is 9.18 Å². The van der Waals surface area contributed by atoms with Gasteiger partial charge in [0.2, 0.25) is 0 Å². The average molecular weight is 564 g/mol. The van der Waals surface area contributed by atoms with Gasteiger partial charge < -0.3 is 14.8 Å². The van der Waals surface area contributed by atoms with Crippen molar-refractivity contribution in [2.24, 2.45) is 0 Å². The number of carbonyl (C=O) groups excluding carboxylic acids is 1. The summed E-state index contributed by atoms with van der Waals surface area (Å²) in [7, 11) is 1.66. The summed E-state index contributed by atoms with van der Waals surface area (Å²) in [5.41, 5.74) is 7.23. The number of ether oxygens (including phenoxy) is 2. The van der Waals surface area contributed by atoms with Gasteiger partial charge in [-0.2, -0.15) is 5.10 Å². The number of nitrogens with zero attached hydrogens (tertiary/aromatic N) is 2. The normalized spacial score (nSPS) is 10.8. The number of rotatable bonds is 12. The second-order valence-corrected chi connectivity index (χ2v) is 9.92. The van der Waals surface area contributed by atoms with Crippen molar-refractivity contribution < 1.29 is 18.7 Å². The summed E-state index contributed by atoms with van der Waals surface area (Å²) >= 11 is 0. The van der Waals surface area contributed by atoms with Crippen LogP contribution in [0, 0.1) is 5.82 Å². The Labute approximate surface area is 245 Å². The minimum absolute atomic E-state index is 0.155. The maximum atomic E-state index is 14.6. The van der Waals surface area contributed by atoms with Crippen LogP contribution in [0.25, 0.3) is 22.5 Å². The highest BCUT2D eigenvalue weighted by Gasteiger charge is 2.14. The van der Waals surface area contributed by atoms with E-state index in [2.05, 4.69) is 35.6 Å². The average Bonchev–Trinajstić information content (AvgIpc) is 3.45. The van der Waals surface area contributed by atoms with E-state index in [1.54, 1.807) is 20.1 Å². The molecule has 0 atom stereocenters. The number of aryl methyl sites for hydroxylation is 1. The molecule has 0 spiro atoms. The largest absolute Gasteiger partial charge is 0.496 e. The quantitative estimate of drug-likeness (QED) is 0.159. The molecule has 0 saturated carbocycles. The van der Waals surface area contributed by atoms with E-state index in [-0.39, 0.29) is 18.2 Å². The first kappa shape index (κ1) is 28.6. The number of hydrogen-bond acceptors (Lipinski definition) is 5. The lowest BCUT2D eigenvalue weighted by Gasteiger charge is -2.14. The van der Waals surface area contributed by atoms with Crippen LogP contribution >= 0.6 is 0 Å². The van der Waals surface area contributed by atoms with Crippen molar-refractivity contribution in [2.45, 2.75) is 32.9 Å². The van der Waals surface area contributed by atoms with E-state index in [1.807, 2.05) is 65.3 Å². The van der Waals surface area contributed by atoms with Crippen LogP contribution in [-0.2, 0) is 29.0 Å². The molecule has 214 valence electrons. The summed E-state index contributed by atoms with van der Waals surface area (Å²) in [6.07, 6.45) is 0.460. The van der Waals surface area contributed by atoms with Gasteiger partial charge in [-0.05, 0) is 54.3 Å². The van der Waals surface area contributed by atoms with Gasteiger partial charge in [0.15, 0.2) is 0 Å². The van der Waals surface area contributed by atoms with Crippen LogP contribution in [0.15, 0.2) is 103 Å². The molecule has 0 aliphatic carbocycles. The standard InChI is InChI=1S/C35H34FN3O3/c1-3-42-35(40)19-17-26-16-18-30(21-31(26)36)37-23-25-14-15-29(34(20-25)41-2)24-39-33(28-12-8-5-9-13-28)22-32(38-39)27-10-6-4-7-11-27/h4-16,18,20-22,37H,3,17,19,23-24H2,1-2H3. The van der Waals surface area contributed by atoms with Crippen LogP contribution in [0.1, 0.15) is 30.0 Å². The number of nitrogens with one attached hydrogen (secondary N) is 1. The molecule has 1 heterocycles. The highest BCUT2D eigenvalue weighted by molar-refractivity contribution is 5.70. The molecule has 0 unspecified atom stereocenters. The van der Waals surface area contributed by atoms with Gasteiger partial charge in [-0.1, -0.05) is 78.9 Å². The Balaban J connectivity index is 1.30. The third-order valence-corrected chi connectivity index (χ3v) is 7.04. The Hall–Kier alpha value is -4.91. The van der Waals surface area contributed by atoms with Crippen LogP contribution in [-0.4, -0.2) is 29.5 Å². The maximum absolute atomic E-state index is 14.6. The molecule has 0 radical (unpaired) electrons. The van der Waals surface area contributed by atoms with Crippen LogP contribution in [0.5, 0.6) is 5.75 Å². The third kappa shape index (κ3) is 7.04. The summed E-state index contributed by atoms with van der Waals surface area (Å²) in [6, 6.07) is 33.6. The zero-order valence-corrected chi connectivity index (χ0v) is 23.8. The maximum Gasteiger partial charge on any atom is 0.306 e. The molecule has 0 fully saturated rings. The van der Waals surface area contributed by atoms with Gasteiger partial charge in [0.05, 0.1) is 31.6 Å². The minimum atomic E-state index is -0.347. The molecule has 1 N–H and O–H groups in total. The summed E-state index contributed by atoms with van der Waals surface area (Å²) in [5, 5.41) is 8.24. The van der Waals surface area contributed by atoms with Crippen molar-refractivity contribution in [3.63, 3.8) is 0 Å². The minimum Gasteiger partial charge on any atom is -0.496 e. The molecule has 0 aliphatic heterocycles. The third-order valence-electron chi connectivity index (χ3n) is 7.04. The summed E-state index contributed by atoms with van der Waals surface area (Å²) in [4.78, 5) is 11.6. The molecule has 5 rings (SSSR count). The topological polar surface area (TPSA) is 65.4 Å². The summed E-state index contributed by atoms with van der Waals surface area (Å²) < 4.78 is 27.4. The van der Waals surface area contributed by atoms with Crippen LogP contribution in [0.3, 0.4) is 0 Å². The molecule has 7 heteroatoms. The van der Waals surface area contributed by atoms with Gasteiger partial charge in [-0.25, -0.2) is 4.39 Å². The zero-order valence-electron chi connectivity index (χ0n) is 23.8. The summed E-state index contributed by atoms with van der Waals surface area (Å²) in [6.45, 7) is 3.11. The second kappa shape index (κ2) is 13.6. The molecule has 0 amide bonds. The number of carbonyl (C=O) groups is 1. The molecule has 0 saturated heterocycles. The lowest BCUT2D eigenvalue weighted by atomic mass is 10.1. The van der Waals surface area contributed by atoms with E-state index < -0.39 is 0 Å². The lowest BCUT2D eigenvalue weighted by Crippen LogP contribution is -2.07. The zero-order chi connectivity index (χ0) is 29.3. The van der Waals surface area contributed by atoms with Gasteiger partial charge in [0.25, 0.3) is 0 Å². The second-order valence-electron chi connectivity index (χ2n) is 9.92. The Morgan fingerprint density at radius 2 is 1.60 bits per heavy atom. The van der Waals surface area contributed by atoms with E-state index in [0.717, 1.165) is 39.4 Å². The van der Waals surface area contributed by atoms with Crippen LogP contribution < -0.4 is 10.1 Å². The fraction of sp³-hybridized carbons (Fsp3) is 0.200. The fourth-order valence-electron chi connectivity index (χ4n) is 4.85. The van der Waals surface area contributed by atoms with Gasteiger partial charge in [0, 0.05) is 29.8 Å². The Bertz CT molecular complexity index is 1630. The molecule has 4 aromatic carbocycles. The Morgan fingerprint density at radius 1 is 0.881 bits per heavy atom. The molecule has 6 nitrogen and oxygen atoms in total. The van der Waals surface area contributed by atoms with Crippen LogP contribution in [0.4, 0.5) is 10.1 Å². The molecule has 42 heavy (non-hydrogen) atoms. The highest BCUT2D eigenvalue weighted by Crippen LogP contribution is 2.29. The van der Waals surface area contributed by atoms with Gasteiger partial charge in [0.1, 0.15) is 11.6 Å². The number of hydrogen-bond donors (Lipinski definition) is 1. The van der Waals surface area contributed by atoms with Gasteiger partial charge >= 0.3 is 5.97 Å². The number of esters is 1. The number of halogens is 1. The predicted octanol–water partition coefficient (Wildman–Crippen LogP) is 7.52. The molecule has 5 aromatic rings. The monoisotopic (exact) mass is 563 g/mol. The lowest BCUT2D eigenvalue weighted by molar-refractivity contribution is -0.143. The first-order valence-corrected chi connectivity index (χ1v) is 14.1. The van der Waals surface area contributed by atoms with Crippen molar-refractivity contribution in [3.05, 3.63) is 126 Å². The number of aromatic nitrogens is 2. The van der Waals surface area contributed by atoms with E-state index >= 15 is 0 Å². The Morgan fingerprint density at radius 3 is 2.29 bits per heavy atom. The van der Waals surface area contributed by atoms with E-state index in [4.69, 9.17) is 14.6 Å². The van der Waals surface area contributed by atoms with Crippen molar-refractivity contribution in [1.82, 2.24) is 9.78 Å². The molecule has 1 aromatic heterocycles. The van der Waals surface area contributed by atoms with Crippen molar-refractivity contribution in [3.8, 4) is 28.3 Å². The number of anilines is 1. The van der Waals surface area contributed by atoms with Gasteiger partial charge in [-0.15, -0.1) is 0 Å². The van der Waals surface area contributed by atoms with Crippen molar-refractivity contribution >= 4 is 11.7 Å². The number of benzene rings is 4. The summed E-state index contributed by atoms with van der Waals surface area (Å²) in [5.74, 6) is 0.0862. The van der Waals surface area contributed by atoms with E-state index in [1.165, 1.54) is 6.07 Å². The smallest absolute Gasteiger partial charge is 0.306 e. The van der Waals surface area contributed by atoms with Crippen molar-refractivity contribution in [2.75, 3.05) is 19.0 Å².